The molecule has 42 heteroatoms. The minimum atomic E-state index is -5.42. The lowest BCUT2D eigenvalue weighted by atomic mass is 10.1. The summed E-state index contributed by atoms with van der Waals surface area (Å²) in [6.45, 7) is -8.39. The van der Waals surface area contributed by atoms with Crippen LogP contribution in [0.4, 0.5) is 17.5 Å². The van der Waals surface area contributed by atoms with Crippen LogP contribution in [0.2, 0.25) is 0 Å². The number of nitrogens with zero attached hydrogens (tertiary/aromatic N) is 12. The molecule has 76 heavy (non-hydrogen) atoms. The molecule has 37 nitrogen and oxygen atoms in total. The number of aliphatic hydroxyl groups is 2. The average molecular weight is 1170 g/mol. The van der Waals surface area contributed by atoms with Gasteiger partial charge in [0.05, 0.1) is 52.0 Å². The number of methoxy groups -OCH3 is 2. The standard InChI is InChI=1S/C34H47N15O22P4S/c1-60-21-15(6-63-72(52,53)62-4-3-50)67-33(48-12-45-18-27(36)39-9-42-30(18)48)24(21)70-74(56,57)64-5-14-20(51)23(32(66-14)47-11-44-17-26(35)38-8-41-29(17)47)69-73(54,55)65-7-16-22(61-2)25(71-75(58,59)76)34(68-16)49-13-46-19-28(37)40-10-43-31(19)49/h8-16,20-25,32-34,50-51H,3-7H2,1-2H3,(H,52,53)(H,54,55)(H,56,57)(H2,35,38,41)(H2,36,39,42)(H2,37,40,43)(H2,58,59,76)/t14-,15-,16-,20?,21?,22?,23?,24?,25?,32-,33-,34-/m1/s1. The van der Waals surface area contributed by atoms with E-state index in [1.165, 1.54) is 28.9 Å². The summed E-state index contributed by atoms with van der Waals surface area (Å²) in [6.07, 6.45) is -12.0. The van der Waals surface area contributed by atoms with Gasteiger partial charge >= 0.3 is 30.3 Å². The third-order valence-corrected chi connectivity index (χ3v) is 15.5. The predicted molar refractivity (Wildman–Crippen MR) is 252 cm³/mol. The predicted octanol–water partition coefficient (Wildman–Crippen LogP) is -1.12. The molecule has 12 N–H and O–H groups in total. The summed E-state index contributed by atoms with van der Waals surface area (Å²) < 4.78 is 123. The van der Waals surface area contributed by atoms with Crippen LogP contribution < -0.4 is 17.2 Å². The number of hydrogen-bond donors (Lipinski definition) is 10. The van der Waals surface area contributed by atoms with Gasteiger partial charge in [0.25, 0.3) is 0 Å². The van der Waals surface area contributed by atoms with Gasteiger partial charge in [0.15, 0.2) is 53.1 Å². The molecular formula is C34H47N15O22P4S. The van der Waals surface area contributed by atoms with Gasteiger partial charge in [-0.25, -0.2) is 63.1 Å². The Kier molecular flexibility index (Phi) is 16.6. The largest absolute Gasteiger partial charge is 0.472 e. The Morgan fingerprint density at radius 1 is 0.539 bits per heavy atom. The van der Waals surface area contributed by atoms with Crippen molar-refractivity contribution in [2.75, 3.05) is 64.5 Å². The van der Waals surface area contributed by atoms with E-state index in [1.54, 1.807) is 0 Å². The minimum Gasteiger partial charge on any atom is -0.394 e. The Hall–Kier alpha value is -4.40. The molecule has 3 aliphatic heterocycles. The van der Waals surface area contributed by atoms with Crippen molar-refractivity contribution in [3.05, 3.63) is 38.0 Å². The average Bonchev–Trinajstić information content (AvgIpc) is 4.25. The Balaban J connectivity index is 0.943. The molecule has 16 atom stereocenters. The molecule has 9 heterocycles. The van der Waals surface area contributed by atoms with Gasteiger partial charge < -0.3 is 70.7 Å². The molecule has 3 saturated heterocycles. The van der Waals surface area contributed by atoms with Crippen LogP contribution in [0.1, 0.15) is 18.7 Å². The summed E-state index contributed by atoms with van der Waals surface area (Å²) in [5, 5.41) is 20.9. The van der Waals surface area contributed by atoms with Crippen LogP contribution in [-0.2, 0) is 73.6 Å². The number of thiol groups is 1. The highest BCUT2D eigenvalue weighted by Crippen LogP contribution is 2.55. The van der Waals surface area contributed by atoms with Gasteiger partial charge in [-0.2, -0.15) is 0 Å². The number of nitrogens with two attached hydrogens (primary N) is 3. The highest BCUT2D eigenvalue weighted by Gasteiger charge is 2.55. The zero-order valence-electron chi connectivity index (χ0n) is 39.0. The second-order valence-electron chi connectivity index (χ2n) is 16.4. The van der Waals surface area contributed by atoms with Crippen molar-refractivity contribution in [3.63, 3.8) is 0 Å². The molecule has 416 valence electrons. The zero-order valence-corrected chi connectivity index (χ0v) is 43.4. The second-order valence-corrected chi connectivity index (χ2v) is 23.4. The van der Waals surface area contributed by atoms with Gasteiger partial charge in [0.2, 0.25) is 0 Å². The number of phosphoric acid groups is 3. The van der Waals surface area contributed by atoms with Crippen LogP contribution in [0.3, 0.4) is 0 Å². The van der Waals surface area contributed by atoms with E-state index in [0.717, 1.165) is 37.0 Å². The molecule has 0 aromatic carbocycles. The van der Waals surface area contributed by atoms with Crippen molar-refractivity contribution in [3.8, 4) is 0 Å². The van der Waals surface area contributed by atoms with Crippen molar-refractivity contribution < 1.29 is 103 Å². The fourth-order valence-corrected chi connectivity index (χ4v) is 12.0. The molecule has 6 aromatic rings. The molecule has 0 spiro atoms. The normalized spacial score (nSPS) is 30.2. The maximum atomic E-state index is 14.0. The van der Waals surface area contributed by atoms with Crippen LogP contribution in [0.5, 0.6) is 0 Å². The van der Waals surface area contributed by atoms with Crippen LogP contribution >= 0.6 is 42.5 Å². The van der Waals surface area contributed by atoms with Gasteiger partial charge in [-0.1, -0.05) is 12.2 Å². The summed E-state index contributed by atoms with van der Waals surface area (Å²) in [6, 6.07) is 0. The molecule has 9 rings (SSSR count). The van der Waals surface area contributed by atoms with Gasteiger partial charge in [-0.05, 0) is 0 Å². The summed E-state index contributed by atoms with van der Waals surface area (Å²) in [7, 11) is -13.3. The van der Waals surface area contributed by atoms with Crippen molar-refractivity contribution in [2.24, 2.45) is 0 Å². The van der Waals surface area contributed by atoms with E-state index in [0.29, 0.717) is 0 Å². The summed E-state index contributed by atoms with van der Waals surface area (Å²) >= 11 is 3.65. The van der Waals surface area contributed by atoms with Crippen LogP contribution in [-0.4, -0.2) is 191 Å². The lowest BCUT2D eigenvalue weighted by molar-refractivity contribution is -0.0656. The van der Waals surface area contributed by atoms with Crippen LogP contribution in [0, 0.1) is 0 Å². The summed E-state index contributed by atoms with van der Waals surface area (Å²) in [4.78, 5) is 79.7. The number of nitrogen functional groups attached to an aromatic ring is 3. The van der Waals surface area contributed by atoms with E-state index in [4.69, 9.17) is 73.1 Å². The van der Waals surface area contributed by atoms with E-state index in [9.17, 15) is 42.9 Å². The van der Waals surface area contributed by atoms with Crippen molar-refractivity contribution in [2.45, 2.75) is 73.6 Å². The Labute approximate surface area is 430 Å². The number of ether oxygens (including phenoxy) is 5. The topological polar surface area (TPSA) is 509 Å². The number of aliphatic hydroxyl groups excluding tert-OH is 2. The first-order chi connectivity index (χ1) is 36.0. The first kappa shape index (κ1) is 56.3. The summed E-state index contributed by atoms with van der Waals surface area (Å²) in [5.41, 5.74) is 18.3. The monoisotopic (exact) mass is 1170 g/mol. The Morgan fingerprint density at radius 3 is 1.32 bits per heavy atom. The second kappa shape index (κ2) is 22.4. The van der Waals surface area contributed by atoms with E-state index in [2.05, 4.69) is 61.6 Å². The van der Waals surface area contributed by atoms with Crippen molar-refractivity contribution in [1.29, 1.82) is 0 Å². The lowest BCUT2D eigenvalue weighted by Crippen LogP contribution is -2.38. The third-order valence-electron chi connectivity index (χ3n) is 11.7. The highest BCUT2D eigenvalue weighted by atomic mass is 32.7. The Bertz CT molecular complexity index is 3250. The fraction of sp³-hybridized carbons (Fsp3) is 0.559. The molecule has 10 unspecified atom stereocenters. The molecule has 0 radical (unpaired) electrons. The molecule has 3 fully saturated rings. The first-order valence-corrected chi connectivity index (χ1v) is 29.0. The molecule has 0 bridgehead atoms. The fourth-order valence-electron chi connectivity index (χ4n) is 8.51. The van der Waals surface area contributed by atoms with Crippen molar-refractivity contribution >= 4 is 93.5 Å². The van der Waals surface area contributed by atoms with E-state index >= 15 is 0 Å². The highest BCUT2D eigenvalue weighted by molar-refractivity contribution is 8.44. The minimum absolute atomic E-state index is 0.00881. The molecule has 0 amide bonds. The molecule has 6 aromatic heterocycles. The summed E-state index contributed by atoms with van der Waals surface area (Å²) in [5.74, 6) is -0.147. The van der Waals surface area contributed by atoms with Gasteiger partial charge in [-0.3, -0.25) is 45.4 Å². The quantitative estimate of drug-likeness (QED) is 0.0268. The molecule has 3 aliphatic rings. The maximum Gasteiger partial charge on any atom is 0.472 e. The number of phosphoric ester groups is 3. The number of imidazole rings is 3. The van der Waals surface area contributed by atoms with Gasteiger partial charge in [0.1, 0.15) is 90.5 Å². The Morgan fingerprint density at radius 2 is 0.908 bits per heavy atom. The van der Waals surface area contributed by atoms with Crippen LogP contribution in [0.25, 0.3) is 33.5 Å². The zero-order chi connectivity index (χ0) is 54.5. The number of hydrogen-bond acceptors (Lipinski definition) is 30. The van der Waals surface area contributed by atoms with Crippen molar-refractivity contribution in [1.82, 2.24) is 58.6 Å². The smallest absolute Gasteiger partial charge is 0.394 e. The van der Waals surface area contributed by atoms with Gasteiger partial charge in [0, 0.05) is 14.2 Å². The first-order valence-electron chi connectivity index (χ1n) is 21.8. The van der Waals surface area contributed by atoms with Crippen LogP contribution in [0.15, 0.2) is 38.0 Å². The van der Waals surface area contributed by atoms with E-state index in [1.807, 2.05) is 0 Å². The number of fused-ring (bicyclic) bond motifs is 3. The SMILES string of the molecule is COC1C(OP(=O)(O)S)[C@H](n2cnc3c(N)ncnc32)O[C@@H]1COP(=O)(O)OC1C(O)[C@@H](COP(=O)(O)OC2C(OC)[C@@H](COP(=O)(O)OCCO)O[C@H]2n2cnc3c(N)ncnc32)O[C@H]1n1cnc2c(N)ncnc21. The number of rotatable bonds is 23. The number of aromatic nitrogens is 12. The number of anilines is 3. The lowest BCUT2D eigenvalue weighted by Gasteiger charge is -2.26. The third kappa shape index (κ3) is 11.8. The molecular weight excluding hydrogens is 1130 g/mol. The van der Waals surface area contributed by atoms with E-state index < -0.39 is 137 Å². The molecule has 0 saturated carbocycles. The maximum absolute atomic E-state index is 14.0. The van der Waals surface area contributed by atoms with E-state index in [-0.39, 0.29) is 50.9 Å². The molecule has 0 aliphatic carbocycles. The van der Waals surface area contributed by atoms with Gasteiger partial charge in [-0.15, -0.1) is 0 Å².